The van der Waals surface area contributed by atoms with E-state index >= 15 is 0 Å². The molecule has 2 heterocycles. The quantitative estimate of drug-likeness (QED) is 0.395. The van der Waals surface area contributed by atoms with E-state index < -0.39 is 0 Å². The van der Waals surface area contributed by atoms with Gasteiger partial charge in [-0.15, -0.1) is 11.6 Å². The summed E-state index contributed by atoms with van der Waals surface area (Å²) < 4.78 is 2.19. The van der Waals surface area contributed by atoms with E-state index in [1.807, 2.05) is 38.5 Å². The molecule has 0 saturated carbocycles. The van der Waals surface area contributed by atoms with E-state index in [4.69, 9.17) is 28.2 Å². The van der Waals surface area contributed by atoms with Crippen LogP contribution in [0.5, 0.6) is 0 Å². The van der Waals surface area contributed by atoms with Crippen molar-refractivity contribution in [2.45, 2.75) is 45.2 Å². The van der Waals surface area contributed by atoms with E-state index in [2.05, 4.69) is 51.5 Å². The second kappa shape index (κ2) is 10.6. The Labute approximate surface area is 207 Å². The number of hydrogen-bond donors (Lipinski definition) is 0. The van der Waals surface area contributed by atoms with Gasteiger partial charge in [-0.1, -0.05) is 24.6 Å². The normalized spacial score (nSPS) is 21.3. The maximum absolute atomic E-state index is 6.48. The van der Waals surface area contributed by atoms with E-state index in [-0.39, 0.29) is 11.4 Å². The van der Waals surface area contributed by atoms with Gasteiger partial charge in [-0.25, -0.2) is 4.98 Å². The van der Waals surface area contributed by atoms with Gasteiger partial charge < -0.3 is 9.47 Å². The number of piperazine rings is 1. The first-order chi connectivity index (χ1) is 15.9. The zero-order valence-corrected chi connectivity index (χ0v) is 21.4. The molecule has 4 rings (SSSR count). The molecule has 2 unspecified atom stereocenters. The molecule has 1 aliphatic heterocycles. The Balaban J connectivity index is 1.91. The van der Waals surface area contributed by atoms with Gasteiger partial charge in [0.2, 0.25) is 0 Å². The molecule has 176 valence electrons. The highest BCUT2D eigenvalue weighted by atomic mass is 35.5. The number of imidazole rings is 1. The molecule has 1 aromatic carbocycles. The largest absolute Gasteiger partial charge is 0.331 e. The molecule has 2 atom stereocenters. The number of aliphatic imine (C=N–C) groups is 1. The molecule has 5 nitrogen and oxygen atoms in total. The predicted molar refractivity (Wildman–Crippen MR) is 139 cm³/mol. The molecular formula is C26H33Cl2N5. The molecule has 7 heteroatoms. The van der Waals surface area contributed by atoms with Crippen LogP contribution in [0.2, 0.25) is 5.02 Å². The Morgan fingerprint density at radius 1 is 1.24 bits per heavy atom. The zero-order chi connectivity index (χ0) is 23.5. The maximum atomic E-state index is 6.48. The van der Waals surface area contributed by atoms with Crippen LogP contribution < -0.4 is 0 Å². The Hall–Kier alpha value is -1.92. The van der Waals surface area contributed by atoms with E-state index in [1.54, 1.807) is 0 Å². The minimum absolute atomic E-state index is 0.0604. The number of aryl methyl sites for hydroxylation is 1. The van der Waals surface area contributed by atoms with Crippen molar-refractivity contribution < 1.29 is 0 Å². The predicted octanol–water partition coefficient (Wildman–Crippen LogP) is 5.59. The van der Waals surface area contributed by atoms with Gasteiger partial charge in [0.25, 0.3) is 0 Å². The van der Waals surface area contributed by atoms with Gasteiger partial charge in [0, 0.05) is 56.4 Å². The number of halogens is 2. The lowest BCUT2D eigenvalue weighted by atomic mass is 9.95. The fraction of sp³-hybridized carbons (Fsp3) is 0.462. The highest BCUT2D eigenvalue weighted by Gasteiger charge is 2.32. The van der Waals surface area contributed by atoms with E-state index in [0.717, 1.165) is 61.3 Å². The maximum Gasteiger partial charge on any atom is 0.105 e. The molecule has 0 amide bonds. The zero-order valence-electron chi connectivity index (χ0n) is 19.9. The summed E-state index contributed by atoms with van der Waals surface area (Å²) in [6, 6.07) is 6.32. The van der Waals surface area contributed by atoms with Crippen molar-refractivity contribution in [1.82, 2.24) is 19.4 Å². The summed E-state index contributed by atoms with van der Waals surface area (Å²) in [7, 11) is 2.19. The van der Waals surface area contributed by atoms with Crippen molar-refractivity contribution in [1.29, 1.82) is 0 Å². The number of hydrogen-bond acceptors (Lipinski definition) is 4. The Morgan fingerprint density at radius 3 is 2.64 bits per heavy atom. The summed E-state index contributed by atoms with van der Waals surface area (Å²) in [5.74, 6) is 0.997. The molecule has 0 spiro atoms. The number of nitrogens with zero attached hydrogens (tertiary/aromatic N) is 5. The van der Waals surface area contributed by atoms with Crippen LogP contribution in [0.4, 0.5) is 0 Å². The molecule has 1 aromatic heterocycles. The third-order valence-corrected chi connectivity index (χ3v) is 6.92. The third-order valence-electron chi connectivity index (χ3n) is 6.57. The Bertz CT molecular complexity index is 1070. The fourth-order valence-corrected chi connectivity index (χ4v) is 4.99. The lowest BCUT2D eigenvalue weighted by Gasteiger charge is -2.39. The van der Waals surface area contributed by atoms with Gasteiger partial charge >= 0.3 is 0 Å². The van der Waals surface area contributed by atoms with E-state index in [0.29, 0.717) is 0 Å². The van der Waals surface area contributed by atoms with E-state index in [9.17, 15) is 0 Å². The van der Waals surface area contributed by atoms with Gasteiger partial charge in [0.1, 0.15) is 5.82 Å². The molecule has 2 aromatic rings. The number of alkyl halides is 1. The van der Waals surface area contributed by atoms with Gasteiger partial charge in [-0.3, -0.25) is 9.89 Å². The summed E-state index contributed by atoms with van der Waals surface area (Å²) in [5.41, 5.74) is 6.02. The number of benzene rings is 1. The van der Waals surface area contributed by atoms with Crippen molar-refractivity contribution in [3.05, 3.63) is 69.4 Å². The van der Waals surface area contributed by atoms with Gasteiger partial charge in [0.15, 0.2) is 0 Å². The molecule has 0 radical (unpaired) electrons. The summed E-state index contributed by atoms with van der Waals surface area (Å²) in [6.45, 7) is 11.0. The third kappa shape index (κ3) is 5.43. The van der Waals surface area contributed by atoms with Crippen molar-refractivity contribution in [3.63, 3.8) is 0 Å². The van der Waals surface area contributed by atoms with Crippen LogP contribution in [0.15, 0.2) is 52.4 Å². The first-order valence-corrected chi connectivity index (χ1v) is 12.5. The van der Waals surface area contributed by atoms with Gasteiger partial charge in [-0.05, 0) is 67.8 Å². The number of fused-ring (bicyclic) bond motifs is 1. The number of rotatable bonds is 6. The lowest BCUT2D eigenvalue weighted by molar-refractivity contribution is 0.125. The number of likely N-dealkylation sites (N-methyl/N-ethyl adjacent to an activating group) is 1. The minimum Gasteiger partial charge on any atom is -0.331 e. The standard InChI is InChI=1S/C26H33Cl2N5/c1-5-23-21(17-33-9-8-29-19(33)3)14-20-15-22(28)6-7-24(20)26(25(23)30-16-18(2)27)32-12-10-31(4)11-13-32/h6-9,14-16,18,26H,5,10-13,17H2,1-4H3. The highest BCUT2D eigenvalue weighted by molar-refractivity contribution is 6.30. The molecule has 1 aliphatic carbocycles. The summed E-state index contributed by atoms with van der Waals surface area (Å²) >= 11 is 12.8. The first kappa shape index (κ1) is 24.2. The van der Waals surface area contributed by atoms with Crippen LogP contribution in [-0.4, -0.2) is 64.2 Å². The molecule has 33 heavy (non-hydrogen) atoms. The van der Waals surface area contributed by atoms with Crippen molar-refractivity contribution in [2.75, 3.05) is 33.2 Å². The van der Waals surface area contributed by atoms with Gasteiger partial charge in [0.05, 0.1) is 17.1 Å². The van der Waals surface area contributed by atoms with Crippen LogP contribution in [0.3, 0.4) is 0 Å². The lowest BCUT2D eigenvalue weighted by Crippen LogP contribution is -2.46. The summed E-state index contributed by atoms with van der Waals surface area (Å²) in [6.07, 6.45) is 8.95. The fourth-order valence-electron chi connectivity index (χ4n) is 4.76. The van der Waals surface area contributed by atoms with Crippen LogP contribution >= 0.6 is 23.2 Å². The van der Waals surface area contributed by atoms with Crippen molar-refractivity contribution >= 4 is 35.5 Å². The second-order valence-electron chi connectivity index (χ2n) is 8.96. The van der Waals surface area contributed by atoms with Crippen LogP contribution in [0.25, 0.3) is 6.08 Å². The first-order valence-electron chi connectivity index (χ1n) is 11.7. The molecular weight excluding hydrogens is 453 g/mol. The van der Waals surface area contributed by atoms with Crippen LogP contribution in [0.1, 0.15) is 43.3 Å². The Morgan fingerprint density at radius 2 is 2.00 bits per heavy atom. The van der Waals surface area contributed by atoms with Gasteiger partial charge in [-0.2, -0.15) is 0 Å². The minimum atomic E-state index is -0.139. The molecule has 2 aliphatic rings. The van der Waals surface area contributed by atoms with Crippen molar-refractivity contribution in [2.24, 2.45) is 4.99 Å². The average Bonchev–Trinajstić information content (AvgIpc) is 3.13. The van der Waals surface area contributed by atoms with E-state index in [1.165, 1.54) is 16.7 Å². The topological polar surface area (TPSA) is 36.7 Å². The molecule has 1 fully saturated rings. The van der Waals surface area contributed by atoms with Crippen LogP contribution in [0, 0.1) is 6.92 Å². The Kier molecular flexibility index (Phi) is 7.75. The molecule has 0 bridgehead atoms. The monoisotopic (exact) mass is 485 g/mol. The highest BCUT2D eigenvalue weighted by Crippen LogP contribution is 2.42. The average molecular weight is 486 g/mol. The smallest absolute Gasteiger partial charge is 0.105 e. The second-order valence-corrected chi connectivity index (χ2v) is 10.1. The summed E-state index contributed by atoms with van der Waals surface area (Å²) in [4.78, 5) is 14.4. The SMILES string of the molecule is CCC1=C(N=CC(C)Cl)C(N2CCN(C)CC2)c2ccc(Cl)cc2C=C1Cn1ccnc1C. The van der Waals surface area contributed by atoms with Crippen LogP contribution in [-0.2, 0) is 6.54 Å². The molecule has 0 N–H and O–H groups in total. The molecule has 1 saturated heterocycles. The van der Waals surface area contributed by atoms with Crippen molar-refractivity contribution in [3.8, 4) is 0 Å². The number of allylic oxidation sites excluding steroid dienone is 2. The number of aromatic nitrogens is 2. The summed E-state index contributed by atoms with van der Waals surface area (Å²) in [5, 5.41) is 0.611.